The third-order valence-corrected chi connectivity index (χ3v) is 5.39. The Morgan fingerprint density at radius 3 is 1.70 bits per heavy atom. The summed E-state index contributed by atoms with van der Waals surface area (Å²) in [4.78, 5) is 49.3. The molecule has 30 heavy (non-hydrogen) atoms. The molecule has 9 nitrogen and oxygen atoms in total. The molecule has 0 spiro atoms. The van der Waals surface area contributed by atoms with Crippen LogP contribution in [0.2, 0.25) is 0 Å². The highest BCUT2D eigenvalue weighted by molar-refractivity contribution is 7.98. The molecule has 0 saturated heterocycles. The van der Waals surface area contributed by atoms with Gasteiger partial charge in [-0.1, -0.05) is 41.5 Å². The minimum Gasteiger partial charge on any atom is -0.480 e. The van der Waals surface area contributed by atoms with E-state index in [0.717, 1.165) is 0 Å². The van der Waals surface area contributed by atoms with Gasteiger partial charge in [-0.05, 0) is 36.2 Å². The van der Waals surface area contributed by atoms with E-state index in [0.29, 0.717) is 12.2 Å². The highest BCUT2D eigenvalue weighted by Gasteiger charge is 2.32. The average molecular weight is 447 g/mol. The number of carbonyl (C=O) groups excluding carboxylic acids is 3. The van der Waals surface area contributed by atoms with Crippen LogP contribution in [0.1, 0.15) is 48.0 Å². The number of carbonyl (C=O) groups is 4. The zero-order valence-corrected chi connectivity index (χ0v) is 19.8. The fraction of sp³-hybridized carbons (Fsp3) is 0.800. The molecule has 10 heteroatoms. The molecule has 0 bridgehead atoms. The number of rotatable bonds is 13. The van der Waals surface area contributed by atoms with Crippen LogP contribution in [-0.4, -0.2) is 65.0 Å². The Morgan fingerprint density at radius 1 is 0.800 bits per heavy atom. The molecule has 0 heterocycles. The lowest BCUT2D eigenvalue weighted by atomic mass is 9.99. The standard InChI is InChI=1S/C20H38N4O5S/c1-10(2)14(21)18(26)22-13(8-9-30-7)17(25)23-15(11(3)4)19(27)24-16(12(5)6)20(28)29/h10-16H,8-9,21H2,1-7H3,(H,22,26)(H,23,25)(H,24,27)(H,28,29). The number of nitrogens with two attached hydrogens (primary N) is 1. The molecule has 0 aromatic rings. The summed E-state index contributed by atoms with van der Waals surface area (Å²) in [6.45, 7) is 10.5. The third-order valence-electron chi connectivity index (χ3n) is 4.74. The topological polar surface area (TPSA) is 151 Å². The van der Waals surface area contributed by atoms with E-state index < -0.39 is 47.9 Å². The van der Waals surface area contributed by atoms with Crippen LogP contribution in [0.5, 0.6) is 0 Å². The summed E-state index contributed by atoms with van der Waals surface area (Å²) >= 11 is 1.53. The molecule has 0 aliphatic heterocycles. The zero-order valence-electron chi connectivity index (χ0n) is 19.0. The lowest BCUT2D eigenvalue weighted by Crippen LogP contribution is -2.59. The van der Waals surface area contributed by atoms with Crippen LogP contribution >= 0.6 is 11.8 Å². The second-order valence-electron chi connectivity index (χ2n) is 8.41. The highest BCUT2D eigenvalue weighted by atomic mass is 32.2. The van der Waals surface area contributed by atoms with Crippen molar-refractivity contribution in [1.82, 2.24) is 16.0 Å². The number of carboxylic acids is 1. The fourth-order valence-electron chi connectivity index (χ4n) is 2.62. The molecule has 174 valence electrons. The van der Waals surface area contributed by atoms with Crippen LogP contribution in [-0.2, 0) is 19.2 Å². The minimum absolute atomic E-state index is 0.0903. The molecule has 6 N–H and O–H groups in total. The van der Waals surface area contributed by atoms with Crippen molar-refractivity contribution in [2.24, 2.45) is 23.5 Å². The Morgan fingerprint density at radius 2 is 1.30 bits per heavy atom. The molecule has 4 atom stereocenters. The SMILES string of the molecule is CSCCC(NC(=O)C(N)C(C)C)C(=O)NC(C(=O)NC(C(=O)O)C(C)C)C(C)C. The van der Waals surface area contributed by atoms with E-state index in [1.54, 1.807) is 27.7 Å². The molecular formula is C20H38N4O5S. The van der Waals surface area contributed by atoms with Crippen LogP contribution < -0.4 is 21.7 Å². The van der Waals surface area contributed by atoms with Gasteiger partial charge in [0.05, 0.1) is 6.04 Å². The molecular weight excluding hydrogens is 408 g/mol. The monoisotopic (exact) mass is 446 g/mol. The highest BCUT2D eigenvalue weighted by Crippen LogP contribution is 2.09. The first-order chi connectivity index (χ1) is 13.8. The van der Waals surface area contributed by atoms with E-state index in [1.807, 2.05) is 20.1 Å². The van der Waals surface area contributed by atoms with E-state index in [9.17, 15) is 24.3 Å². The predicted octanol–water partition coefficient (Wildman–Crippen LogP) is 0.574. The Kier molecular flexibility index (Phi) is 12.7. The summed E-state index contributed by atoms with van der Waals surface area (Å²) < 4.78 is 0. The number of nitrogens with one attached hydrogen (secondary N) is 3. The van der Waals surface area contributed by atoms with Crippen LogP contribution in [0.25, 0.3) is 0 Å². The quantitative estimate of drug-likeness (QED) is 0.277. The Labute approximate surface area is 183 Å². The smallest absolute Gasteiger partial charge is 0.326 e. The first kappa shape index (κ1) is 28.2. The maximum absolute atomic E-state index is 12.9. The number of hydrogen-bond acceptors (Lipinski definition) is 6. The van der Waals surface area contributed by atoms with Gasteiger partial charge in [0.1, 0.15) is 18.1 Å². The first-order valence-corrected chi connectivity index (χ1v) is 11.6. The molecule has 0 aliphatic carbocycles. The van der Waals surface area contributed by atoms with Crippen molar-refractivity contribution < 1.29 is 24.3 Å². The maximum Gasteiger partial charge on any atom is 0.326 e. The molecule has 0 radical (unpaired) electrons. The number of carboxylic acid groups (broad SMARTS) is 1. The van der Waals surface area contributed by atoms with E-state index in [2.05, 4.69) is 16.0 Å². The minimum atomic E-state index is -1.14. The molecule has 0 aromatic carbocycles. The largest absolute Gasteiger partial charge is 0.480 e. The summed E-state index contributed by atoms with van der Waals surface area (Å²) in [5, 5.41) is 17.2. The van der Waals surface area contributed by atoms with Gasteiger partial charge in [-0.15, -0.1) is 0 Å². The van der Waals surface area contributed by atoms with Crippen molar-refractivity contribution in [1.29, 1.82) is 0 Å². The number of amides is 3. The molecule has 0 fully saturated rings. The molecule has 4 unspecified atom stereocenters. The molecule has 0 saturated carbocycles. The van der Waals surface area contributed by atoms with Gasteiger partial charge in [0.25, 0.3) is 0 Å². The normalized spacial score (nSPS) is 15.4. The molecule has 0 rings (SSSR count). The second-order valence-corrected chi connectivity index (χ2v) is 9.40. The van der Waals surface area contributed by atoms with Crippen molar-refractivity contribution >= 4 is 35.5 Å². The summed E-state index contributed by atoms with van der Waals surface area (Å²) in [5.74, 6) is -2.71. The Bertz CT molecular complexity index is 598. The predicted molar refractivity (Wildman–Crippen MR) is 119 cm³/mol. The third kappa shape index (κ3) is 9.34. The van der Waals surface area contributed by atoms with E-state index in [-0.39, 0.29) is 17.8 Å². The lowest BCUT2D eigenvalue weighted by Gasteiger charge is -2.28. The van der Waals surface area contributed by atoms with Crippen molar-refractivity contribution in [2.75, 3.05) is 12.0 Å². The molecule has 3 amide bonds. The number of aliphatic carboxylic acids is 1. The number of thioether (sulfide) groups is 1. The first-order valence-electron chi connectivity index (χ1n) is 10.2. The van der Waals surface area contributed by atoms with Gasteiger partial charge < -0.3 is 26.8 Å². The Balaban J connectivity index is 5.38. The summed E-state index contributed by atoms with van der Waals surface area (Å²) in [6.07, 6.45) is 2.26. The van der Waals surface area contributed by atoms with Gasteiger partial charge in [-0.3, -0.25) is 14.4 Å². The van der Waals surface area contributed by atoms with Gasteiger partial charge >= 0.3 is 5.97 Å². The fourth-order valence-corrected chi connectivity index (χ4v) is 3.09. The maximum atomic E-state index is 12.9. The van der Waals surface area contributed by atoms with E-state index >= 15 is 0 Å². The van der Waals surface area contributed by atoms with Crippen LogP contribution in [0.4, 0.5) is 0 Å². The average Bonchev–Trinajstić information content (AvgIpc) is 2.64. The lowest BCUT2D eigenvalue weighted by molar-refractivity contribution is -0.143. The van der Waals surface area contributed by atoms with Crippen LogP contribution in [0.3, 0.4) is 0 Å². The summed E-state index contributed by atoms with van der Waals surface area (Å²) in [5.41, 5.74) is 5.88. The van der Waals surface area contributed by atoms with Gasteiger partial charge in [0.15, 0.2) is 0 Å². The van der Waals surface area contributed by atoms with Gasteiger partial charge in [0.2, 0.25) is 17.7 Å². The van der Waals surface area contributed by atoms with Crippen molar-refractivity contribution in [3.8, 4) is 0 Å². The summed E-state index contributed by atoms with van der Waals surface area (Å²) in [7, 11) is 0. The second kappa shape index (κ2) is 13.5. The summed E-state index contributed by atoms with van der Waals surface area (Å²) in [6, 6.07) is -3.59. The van der Waals surface area contributed by atoms with E-state index in [4.69, 9.17) is 5.73 Å². The van der Waals surface area contributed by atoms with E-state index in [1.165, 1.54) is 11.8 Å². The molecule has 0 aliphatic rings. The van der Waals surface area contributed by atoms with Gasteiger partial charge in [0, 0.05) is 0 Å². The van der Waals surface area contributed by atoms with Gasteiger partial charge in [-0.2, -0.15) is 11.8 Å². The van der Waals surface area contributed by atoms with Crippen LogP contribution in [0.15, 0.2) is 0 Å². The van der Waals surface area contributed by atoms with Crippen molar-refractivity contribution in [3.05, 3.63) is 0 Å². The van der Waals surface area contributed by atoms with Crippen molar-refractivity contribution in [2.45, 2.75) is 72.1 Å². The Hall–Kier alpha value is -1.81. The van der Waals surface area contributed by atoms with Gasteiger partial charge in [-0.25, -0.2) is 4.79 Å². The van der Waals surface area contributed by atoms with Crippen LogP contribution in [0, 0.1) is 17.8 Å². The number of hydrogen-bond donors (Lipinski definition) is 5. The molecule has 0 aromatic heterocycles. The van der Waals surface area contributed by atoms with Crippen molar-refractivity contribution in [3.63, 3.8) is 0 Å². The zero-order chi connectivity index (χ0) is 23.6.